The van der Waals surface area contributed by atoms with Gasteiger partial charge in [-0.15, -0.1) is 24.0 Å². The molecule has 1 aliphatic carbocycles. The van der Waals surface area contributed by atoms with E-state index in [1.165, 1.54) is 5.56 Å². The summed E-state index contributed by atoms with van der Waals surface area (Å²) in [5.74, 6) is 1.57. The van der Waals surface area contributed by atoms with Crippen LogP contribution in [0.2, 0.25) is 10.0 Å². The summed E-state index contributed by atoms with van der Waals surface area (Å²) in [7, 11) is 0. The molecule has 1 aromatic carbocycles. The first-order chi connectivity index (χ1) is 9.11. The lowest BCUT2D eigenvalue weighted by Crippen LogP contribution is -2.32. The zero-order valence-corrected chi connectivity index (χ0v) is 15.2. The number of rotatable bonds is 5. The molecule has 0 aliphatic heterocycles. The molecule has 2 rings (SSSR count). The Morgan fingerprint density at radius 2 is 2.20 bits per heavy atom. The molecule has 1 saturated carbocycles. The molecule has 20 heavy (non-hydrogen) atoms. The lowest BCUT2D eigenvalue weighted by atomic mass is 10.1. The van der Waals surface area contributed by atoms with Crippen molar-refractivity contribution in [2.45, 2.75) is 25.7 Å². The van der Waals surface area contributed by atoms with Crippen molar-refractivity contribution in [3.05, 3.63) is 33.8 Å². The molecule has 0 amide bonds. The Balaban J connectivity index is 0.00000200. The molecule has 0 spiro atoms. The van der Waals surface area contributed by atoms with Crippen LogP contribution >= 0.6 is 47.2 Å². The SMILES string of the molecule is CCCNC(N)=NCC1CC1c1ccc(Cl)cc1Cl.I. The molecular weight excluding hydrogens is 408 g/mol. The molecule has 0 saturated heterocycles. The Morgan fingerprint density at radius 1 is 1.45 bits per heavy atom. The first-order valence-electron chi connectivity index (χ1n) is 6.60. The standard InChI is InChI=1S/C14H19Cl2N3.HI/c1-2-5-18-14(17)19-8-9-6-12(9)11-4-3-10(15)7-13(11)16;/h3-4,7,9,12H,2,5-6,8H2,1H3,(H3,17,18,19);1H. The number of hydrogen-bond donors (Lipinski definition) is 2. The number of guanidine groups is 1. The second kappa shape index (κ2) is 8.29. The van der Waals surface area contributed by atoms with E-state index in [1.54, 1.807) is 6.07 Å². The van der Waals surface area contributed by atoms with E-state index in [4.69, 9.17) is 28.9 Å². The highest BCUT2D eigenvalue weighted by molar-refractivity contribution is 14.0. The summed E-state index contributed by atoms with van der Waals surface area (Å²) in [4.78, 5) is 4.36. The van der Waals surface area contributed by atoms with E-state index in [-0.39, 0.29) is 24.0 Å². The number of aliphatic imine (C=N–C) groups is 1. The van der Waals surface area contributed by atoms with E-state index in [1.807, 2.05) is 12.1 Å². The van der Waals surface area contributed by atoms with Gasteiger partial charge in [-0.25, -0.2) is 0 Å². The highest BCUT2D eigenvalue weighted by Crippen LogP contribution is 2.49. The fourth-order valence-electron chi connectivity index (χ4n) is 2.16. The molecule has 2 unspecified atom stereocenters. The van der Waals surface area contributed by atoms with Crippen LogP contribution < -0.4 is 11.1 Å². The Kier molecular flexibility index (Phi) is 7.40. The van der Waals surface area contributed by atoms with Crippen LogP contribution in [0.5, 0.6) is 0 Å². The fourth-order valence-corrected chi connectivity index (χ4v) is 2.71. The summed E-state index contributed by atoms with van der Waals surface area (Å²) < 4.78 is 0. The first-order valence-corrected chi connectivity index (χ1v) is 7.36. The second-order valence-corrected chi connectivity index (χ2v) is 5.76. The summed E-state index contributed by atoms with van der Waals surface area (Å²) in [6, 6.07) is 5.70. The summed E-state index contributed by atoms with van der Waals surface area (Å²) in [6.45, 7) is 3.72. The van der Waals surface area contributed by atoms with Gasteiger partial charge in [0.25, 0.3) is 0 Å². The van der Waals surface area contributed by atoms with Gasteiger partial charge >= 0.3 is 0 Å². The van der Waals surface area contributed by atoms with Gasteiger partial charge in [-0.1, -0.05) is 36.2 Å². The predicted octanol–water partition coefficient (Wildman–Crippen LogP) is 4.03. The predicted molar refractivity (Wildman–Crippen MR) is 97.5 cm³/mol. The van der Waals surface area contributed by atoms with Gasteiger partial charge in [0.2, 0.25) is 0 Å². The van der Waals surface area contributed by atoms with E-state index in [0.717, 1.165) is 31.0 Å². The monoisotopic (exact) mass is 427 g/mol. The van der Waals surface area contributed by atoms with Gasteiger partial charge in [0, 0.05) is 23.1 Å². The molecule has 1 fully saturated rings. The summed E-state index contributed by atoms with van der Waals surface area (Å²) in [5.41, 5.74) is 6.94. The van der Waals surface area contributed by atoms with Crippen molar-refractivity contribution >= 4 is 53.1 Å². The minimum absolute atomic E-state index is 0. The van der Waals surface area contributed by atoms with Crippen LogP contribution in [-0.4, -0.2) is 19.0 Å². The molecule has 2 atom stereocenters. The second-order valence-electron chi connectivity index (χ2n) is 4.92. The van der Waals surface area contributed by atoms with Crippen molar-refractivity contribution in [1.82, 2.24) is 5.32 Å². The summed E-state index contributed by atoms with van der Waals surface area (Å²) in [5, 5.41) is 4.50. The third-order valence-corrected chi connectivity index (χ3v) is 3.90. The molecule has 1 aliphatic rings. The number of nitrogens with two attached hydrogens (primary N) is 1. The molecule has 0 aromatic heterocycles. The topological polar surface area (TPSA) is 50.4 Å². The number of halogens is 3. The lowest BCUT2D eigenvalue weighted by molar-refractivity contribution is 0.784. The zero-order valence-electron chi connectivity index (χ0n) is 11.4. The average Bonchev–Trinajstić information content (AvgIpc) is 3.13. The van der Waals surface area contributed by atoms with Crippen molar-refractivity contribution in [2.75, 3.05) is 13.1 Å². The highest BCUT2D eigenvalue weighted by Gasteiger charge is 2.39. The molecule has 112 valence electrons. The van der Waals surface area contributed by atoms with E-state index in [2.05, 4.69) is 17.2 Å². The Labute approximate surface area is 147 Å². The lowest BCUT2D eigenvalue weighted by Gasteiger charge is -2.04. The van der Waals surface area contributed by atoms with Crippen molar-refractivity contribution in [1.29, 1.82) is 0 Å². The smallest absolute Gasteiger partial charge is 0.188 e. The van der Waals surface area contributed by atoms with Gasteiger partial charge < -0.3 is 11.1 Å². The minimum Gasteiger partial charge on any atom is -0.370 e. The normalized spacial score (nSPS) is 21.2. The number of benzene rings is 1. The maximum absolute atomic E-state index is 6.20. The first kappa shape index (κ1) is 17.9. The third kappa shape index (κ3) is 4.97. The molecule has 3 N–H and O–H groups in total. The largest absolute Gasteiger partial charge is 0.370 e. The van der Waals surface area contributed by atoms with Crippen molar-refractivity contribution in [2.24, 2.45) is 16.6 Å². The van der Waals surface area contributed by atoms with Crippen LogP contribution in [0.3, 0.4) is 0 Å². The Morgan fingerprint density at radius 3 is 2.85 bits per heavy atom. The van der Waals surface area contributed by atoms with Crippen molar-refractivity contribution in [3.63, 3.8) is 0 Å². The minimum atomic E-state index is 0. The molecule has 1 aromatic rings. The maximum atomic E-state index is 6.20. The quantitative estimate of drug-likeness (QED) is 0.423. The Bertz CT molecular complexity index is 479. The molecule has 0 bridgehead atoms. The molecule has 0 heterocycles. The fraction of sp³-hybridized carbons (Fsp3) is 0.500. The Hall–Kier alpha value is -0.200. The molecule has 6 heteroatoms. The average molecular weight is 428 g/mol. The molecule has 3 nitrogen and oxygen atoms in total. The zero-order chi connectivity index (χ0) is 13.8. The molecular formula is C14H20Cl2IN3. The summed E-state index contributed by atoms with van der Waals surface area (Å²) in [6.07, 6.45) is 2.16. The van der Waals surface area contributed by atoms with Gasteiger partial charge in [-0.05, 0) is 42.4 Å². The number of nitrogens with zero attached hydrogens (tertiary/aromatic N) is 1. The maximum Gasteiger partial charge on any atom is 0.188 e. The molecule has 0 radical (unpaired) electrons. The van der Waals surface area contributed by atoms with Crippen LogP contribution in [0.25, 0.3) is 0 Å². The van der Waals surface area contributed by atoms with Gasteiger partial charge in [0.05, 0.1) is 0 Å². The number of hydrogen-bond acceptors (Lipinski definition) is 1. The van der Waals surface area contributed by atoms with Crippen LogP contribution in [0.15, 0.2) is 23.2 Å². The van der Waals surface area contributed by atoms with Crippen molar-refractivity contribution in [3.8, 4) is 0 Å². The van der Waals surface area contributed by atoms with Gasteiger partial charge in [-0.2, -0.15) is 0 Å². The van der Waals surface area contributed by atoms with E-state index in [0.29, 0.717) is 22.8 Å². The van der Waals surface area contributed by atoms with Gasteiger partial charge in [0.15, 0.2) is 5.96 Å². The van der Waals surface area contributed by atoms with Crippen LogP contribution in [0.1, 0.15) is 31.2 Å². The highest BCUT2D eigenvalue weighted by atomic mass is 127. The van der Waals surface area contributed by atoms with Gasteiger partial charge in [0.1, 0.15) is 0 Å². The van der Waals surface area contributed by atoms with Gasteiger partial charge in [-0.3, -0.25) is 4.99 Å². The van der Waals surface area contributed by atoms with Crippen molar-refractivity contribution < 1.29 is 0 Å². The van der Waals surface area contributed by atoms with E-state index >= 15 is 0 Å². The third-order valence-electron chi connectivity index (χ3n) is 3.34. The number of nitrogens with one attached hydrogen (secondary N) is 1. The van der Waals surface area contributed by atoms with Crippen LogP contribution in [-0.2, 0) is 0 Å². The van der Waals surface area contributed by atoms with Crippen LogP contribution in [0.4, 0.5) is 0 Å². The van der Waals surface area contributed by atoms with E-state index < -0.39 is 0 Å². The van der Waals surface area contributed by atoms with E-state index in [9.17, 15) is 0 Å². The van der Waals surface area contributed by atoms with Crippen LogP contribution in [0, 0.1) is 5.92 Å². The summed E-state index contributed by atoms with van der Waals surface area (Å²) >= 11 is 12.1.